The Balaban J connectivity index is 1.94. The van der Waals surface area contributed by atoms with Gasteiger partial charge in [0.15, 0.2) is 0 Å². The SMILES string of the molecule is Cc1cc(F)ccc1CN1CCNC(CC(C)C)C1. The first-order chi connectivity index (χ1) is 9.04. The first-order valence-electron chi connectivity index (χ1n) is 7.25. The Bertz CT molecular complexity index is 417. The Hall–Kier alpha value is -0.930. The van der Waals surface area contributed by atoms with Crippen molar-refractivity contribution in [3.63, 3.8) is 0 Å². The van der Waals surface area contributed by atoms with Gasteiger partial charge in [0.05, 0.1) is 0 Å². The van der Waals surface area contributed by atoms with E-state index in [1.807, 2.05) is 13.0 Å². The van der Waals surface area contributed by atoms with Crippen molar-refractivity contribution in [1.29, 1.82) is 0 Å². The van der Waals surface area contributed by atoms with Gasteiger partial charge in [-0.1, -0.05) is 19.9 Å². The summed E-state index contributed by atoms with van der Waals surface area (Å²) in [6.45, 7) is 10.7. The summed E-state index contributed by atoms with van der Waals surface area (Å²) < 4.78 is 13.1. The van der Waals surface area contributed by atoms with Crippen LogP contribution in [-0.4, -0.2) is 30.6 Å². The molecule has 2 nitrogen and oxygen atoms in total. The van der Waals surface area contributed by atoms with E-state index in [-0.39, 0.29) is 5.82 Å². The Labute approximate surface area is 116 Å². The lowest BCUT2D eigenvalue weighted by Gasteiger charge is -2.34. The van der Waals surface area contributed by atoms with Crippen LogP contribution in [0.5, 0.6) is 0 Å². The zero-order valence-corrected chi connectivity index (χ0v) is 12.2. The van der Waals surface area contributed by atoms with Crippen LogP contribution < -0.4 is 5.32 Å². The molecule has 0 saturated carbocycles. The molecule has 106 valence electrons. The fraction of sp³-hybridized carbons (Fsp3) is 0.625. The molecular weight excluding hydrogens is 239 g/mol. The highest BCUT2D eigenvalue weighted by atomic mass is 19.1. The van der Waals surface area contributed by atoms with Crippen LogP contribution in [0.1, 0.15) is 31.4 Å². The predicted octanol–water partition coefficient (Wildman–Crippen LogP) is 2.95. The smallest absolute Gasteiger partial charge is 0.123 e. The van der Waals surface area contributed by atoms with Crippen LogP contribution in [0.2, 0.25) is 0 Å². The second kappa shape index (κ2) is 6.49. The molecule has 19 heavy (non-hydrogen) atoms. The molecule has 0 amide bonds. The summed E-state index contributed by atoms with van der Waals surface area (Å²) in [6.07, 6.45) is 1.22. The highest BCUT2D eigenvalue weighted by Gasteiger charge is 2.20. The molecule has 1 heterocycles. The van der Waals surface area contributed by atoms with E-state index >= 15 is 0 Å². The highest BCUT2D eigenvalue weighted by Crippen LogP contribution is 2.15. The van der Waals surface area contributed by atoms with Gasteiger partial charge in [-0.2, -0.15) is 0 Å². The van der Waals surface area contributed by atoms with Gasteiger partial charge < -0.3 is 5.32 Å². The molecule has 0 spiro atoms. The molecule has 3 heteroatoms. The van der Waals surface area contributed by atoms with Crippen LogP contribution in [0, 0.1) is 18.7 Å². The van der Waals surface area contributed by atoms with Crippen molar-refractivity contribution in [1.82, 2.24) is 10.2 Å². The summed E-state index contributed by atoms with van der Waals surface area (Å²) in [6, 6.07) is 5.71. The Morgan fingerprint density at radius 1 is 1.42 bits per heavy atom. The summed E-state index contributed by atoms with van der Waals surface area (Å²) in [5, 5.41) is 3.59. The van der Waals surface area contributed by atoms with Crippen molar-refractivity contribution >= 4 is 0 Å². The quantitative estimate of drug-likeness (QED) is 0.899. The van der Waals surface area contributed by atoms with Gasteiger partial charge in [0.2, 0.25) is 0 Å². The van der Waals surface area contributed by atoms with E-state index in [0.29, 0.717) is 6.04 Å². The van der Waals surface area contributed by atoms with Gasteiger partial charge in [0, 0.05) is 32.2 Å². The molecule has 1 fully saturated rings. The number of benzene rings is 1. The maximum Gasteiger partial charge on any atom is 0.123 e. The third-order valence-electron chi connectivity index (χ3n) is 3.79. The molecule has 0 aliphatic carbocycles. The molecule has 1 aromatic rings. The van der Waals surface area contributed by atoms with Crippen LogP contribution in [0.3, 0.4) is 0 Å². The number of aryl methyl sites for hydroxylation is 1. The van der Waals surface area contributed by atoms with Crippen LogP contribution in [0.4, 0.5) is 4.39 Å². The van der Waals surface area contributed by atoms with Gasteiger partial charge in [-0.3, -0.25) is 4.90 Å². The molecule has 0 bridgehead atoms. The van der Waals surface area contributed by atoms with Gasteiger partial charge >= 0.3 is 0 Å². The van der Waals surface area contributed by atoms with E-state index in [4.69, 9.17) is 0 Å². The highest BCUT2D eigenvalue weighted by molar-refractivity contribution is 5.26. The lowest BCUT2D eigenvalue weighted by molar-refractivity contribution is 0.179. The normalized spacial score (nSPS) is 21.0. The van der Waals surface area contributed by atoms with Gasteiger partial charge in [0.25, 0.3) is 0 Å². The second-order valence-electron chi connectivity index (χ2n) is 6.09. The molecule has 0 aromatic heterocycles. The van der Waals surface area contributed by atoms with Gasteiger partial charge in [-0.25, -0.2) is 4.39 Å². The molecule has 1 N–H and O–H groups in total. The molecule has 1 atom stereocenters. The van der Waals surface area contributed by atoms with Crippen LogP contribution in [-0.2, 0) is 6.54 Å². The van der Waals surface area contributed by atoms with Crippen molar-refractivity contribution in [3.05, 3.63) is 35.1 Å². The number of nitrogens with zero attached hydrogens (tertiary/aromatic N) is 1. The second-order valence-corrected chi connectivity index (χ2v) is 6.09. The average molecular weight is 264 g/mol. The van der Waals surface area contributed by atoms with Crippen LogP contribution >= 0.6 is 0 Å². The Kier molecular flexibility index (Phi) is 4.94. The fourth-order valence-electron chi connectivity index (χ4n) is 2.84. The van der Waals surface area contributed by atoms with Gasteiger partial charge in [-0.05, 0) is 42.5 Å². The summed E-state index contributed by atoms with van der Waals surface area (Å²) in [4.78, 5) is 2.48. The van der Waals surface area contributed by atoms with Gasteiger partial charge in [-0.15, -0.1) is 0 Å². The molecular formula is C16H25FN2. The molecule has 1 unspecified atom stereocenters. The average Bonchev–Trinajstić information content (AvgIpc) is 2.32. The maximum atomic E-state index is 13.1. The number of hydrogen-bond acceptors (Lipinski definition) is 2. The summed E-state index contributed by atoms with van der Waals surface area (Å²) in [5.74, 6) is 0.587. The first kappa shape index (κ1) is 14.5. The van der Waals surface area contributed by atoms with Crippen molar-refractivity contribution < 1.29 is 4.39 Å². The monoisotopic (exact) mass is 264 g/mol. The topological polar surface area (TPSA) is 15.3 Å². The van der Waals surface area contributed by atoms with Crippen molar-refractivity contribution in [2.24, 2.45) is 5.92 Å². The maximum absolute atomic E-state index is 13.1. The lowest BCUT2D eigenvalue weighted by atomic mass is 10.0. The predicted molar refractivity (Wildman–Crippen MR) is 77.7 cm³/mol. The van der Waals surface area contributed by atoms with E-state index in [9.17, 15) is 4.39 Å². The number of nitrogens with one attached hydrogen (secondary N) is 1. The van der Waals surface area contributed by atoms with Crippen molar-refractivity contribution in [2.75, 3.05) is 19.6 Å². The van der Waals surface area contributed by atoms with Crippen molar-refractivity contribution in [3.8, 4) is 0 Å². The summed E-state index contributed by atoms with van der Waals surface area (Å²) in [5.41, 5.74) is 2.30. The number of hydrogen-bond donors (Lipinski definition) is 1. The number of piperazine rings is 1. The van der Waals surface area contributed by atoms with E-state index in [1.54, 1.807) is 12.1 Å². The zero-order chi connectivity index (χ0) is 13.8. The summed E-state index contributed by atoms with van der Waals surface area (Å²) >= 11 is 0. The number of halogens is 1. The third kappa shape index (κ3) is 4.29. The van der Waals surface area contributed by atoms with E-state index in [2.05, 4.69) is 24.1 Å². The van der Waals surface area contributed by atoms with E-state index < -0.39 is 0 Å². The van der Waals surface area contributed by atoms with Crippen LogP contribution in [0.15, 0.2) is 18.2 Å². The zero-order valence-electron chi connectivity index (χ0n) is 12.2. The lowest BCUT2D eigenvalue weighted by Crippen LogP contribution is -2.50. The molecule has 2 rings (SSSR count). The largest absolute Gasteiger partial charge is 0.311 e. The Morgan fingerprint density at radius 3 is 2.89 bits per heavy atom. The third-order valence-corrected chi connectivity index (χ3v) is 3.79. The fourth-order valence-corrected chi connectivity index (χ4v) is 2.84. The molecule has 1 saturated heterocycles. The molecule has 1 aliphatic heterocycles. The minimum atomic E-state index is -0.140. The molecule has 1 aromatic carbocycles. The minimum absolute atomic E-state index is 0.140. The van der Waals surface area contributed by atoms with Crippen molar-refractivity contribution in [2.45, 2.75) is 39.8 Å². The standard InChI is InChI=1S/C16H25FN2/c1-12(2)8-16-11-19(7-6-18-16)10-14-4-5-15(17)9-13(14)3/h4-5,9,12,16,18H,6-8,10-11H2,1-3H3. The van der Waals surface area contributed by atoms with Gasteiger partial charge in [0.1, 0.15) is 5.82 Å². The molecule has 0 radical (unpaired) electrons. The van der Waals surface area contributed by atoms with E-state index in [0.717, 1.165) is 37.7 Å². The number of rotatable bonds is 4. The van der Waals surface area contributed by atoms with Crippen LogP contribution in [0.25, 0.3) is 0 Å². The first-order valence-corrected chi connectivity index (χ1v) is 7.25. The molecule has 1 aliphatic rings. The Morgan fingerprint density at radius 2 is 2.21 bits per heavy atom. The van der Waals surface area contributed by atoms with E-state index in [1.165, 1.54) is 12.0 Å². The summed E-state index contributed by atoms with van der Waals surface area (Å²) in [7, 11) is 0. The minimum Gasteiger partial charge on any atom is -0.311 e.